The highest BCUT2D eigenvalue weighted by atomic mass is 16.3. The van der Waals surface area contributed by atoms with E-state index in [2.05, 4.69) is 52.7 Å². The van der Waals surface area contributed by atoms with Crippen molar-refractivity contribution in [3.8, 4) is 11.1 Å². The number of aryl methyl sites for hydroxylation is 1. The van der Waals surface area contributed by atoms with Gasteiger partial charge in [0.05, 0.1) is 17.8 Å². The molecule has 1 amide bonds. The Labute approximate surface area is 238 Å². The number of fused-ring (bicyclic) bond motifs is 1. The second kappa shape index (κ2) is 11.0. The molecule has 212 valence electrons. The molecule has 3 heterocycles. The summed E-state index contributed by atoms with van der Waals surface area (Å²) in [5.74, 6) is 0.462. The van der Waals surface area contributed by atoms with Crippen LogP contribution in [0, 0.1) is 5.41 Å². The number of carbonyl (C=O) groups excluding carboxylic acids is 1. The number of benzene rings is 2. The van der Waals surface area contributed by atoms with Gasteiger partial charge in [-0.15, -0.1) is 0 Å². The van der Waals surface area contributed by atoms with E-state index in [4.69, 9.17) is 0 Å². The van der Waals surface area contributed by atoms with Crippen molar-refractivity contribution in [2.75, 3.05) is 6.61 Å². The SMILES string of the molecule is CCCc1c(Cc2ccc(-c3ccccc3)c(C3=NNC(=O)C3)c2)c(=O)n(C2CCC(C)(CO)CC2)c2ncnn12. The summed E-state index contributed by atoms with van der Waals surface area (Å²) < 4.78 is 3.70. The molecule has 0 saturated heterocycles. The lowest BCUT2D eigenvalue weighted by Crippen LogP contribution is -2.36. The summed E-state index contributed by atoms with van der Waals surface area (Å²) in [5.41, 5.74) is 8.67. The number of amides is 1. The van der Waals surface area contributed by atoms with Crippen LogP contribution in [0.15, 0.2) is 64.8 Å². The van der Waals surface area contributed by atoms with E-state index in [0.29, 0.717) is 24.3 Å². The quantitative estimate of drug-likeness (QED) is 0.336. The summed E-state index contributed by atoms with van der Waals surface area (Å²) in [7, 11) is 0. The van der Waals surface area contributed by atoms with Crippen molar-refractivity contribution >= 4 is 17.4 Å². The maximum absolute atomic E-state index is 14.3. The van der Waals surface area contributed by atoms with E-state index in [1.165, 1.54) is 6.33 Å². The first-order chi connectivity index (χ1) is 19.9. The monoisotopic (exact) mass is 552 g/mol. The zero-order valence-corrected chi connectivity index (χ0v) is 23.6. The van der Waals surface area contributed by atoms with Crippen molar-refractivity contribution < 1.29 is 9.90 Å². The summed E-state index contributed by atoms with van der Waals surface area (Å²) in [4.78, 5) is 30.9. The van der Waals surface area contributed by atoms with Gasteiger partial charge in [-0.25, -0.2) is 9.94 Å². The molecule has 1 aliphatic heterocycles. The average molecular weight is 553 g/mol. The van der Waals surface area contributed by atoms with E-state index in [0.717, 1.165) is 65.6 Å². The summed E-state index contributed by atoms with van der Waals surface area (Å²) in [5, 5.41) is 18.8. The largest absolute Gasteiger partial charge is 0.396 e. The molecule has 41 heavy (non-hydrogen) atoms. The number of carbonyl (C=O) groups is 1. The Bertz CT molecular complexity index is 1680. The molecular weight excluding hydrogens is 516 g/mol. The van der Waals surface area contributed by atoms with Gasteiger partial charge in [0.2, 0.25) is 11.7 Å². The van der Waals surface area contributed by atoms with Gasteiger partial charge in [0.15, 0.2) is 0 Å². The molecule has 2 aromatic carbocycles. The topological polar surface area (TPSA) is 114 Å². The van der Waals surface area contributed by atoms with Crippen LogP contribution >= 0.6 is 0 Å². The van der Waals surface area contributed by atoms with Crippen molar-refractivity contribution in [3.63, 3.8) is 0 Å². The first-order valence-electron chi connectivity index (χ1n) is 14.5. The van der Waals surface area contributed by atoms with Gasteiger partial charge in [-0.1, -0.05) is 62.7 Å². The molecule has 0 bridgehead atoms. The van der Waals surface area contributed by atoms with Crippen molar-refractivity contribution in [2.45, 2.75) is 71.3 Å². The molecule has 4 aromatic rings. The van der Waals surface area contributed by atoms with Gasteiger partial charge in [-0.2, -0.15) is 15.2 Å². The smallest absolute Gasteiger partial charge is 0.259 e. The highest BCUT2D eigenvalue weighted by Gasteiger charge is 2.33. The van der Waals surface area contributed by atoms with Gasteiger partial charge in [-0.3, -0.25) is 14.2 Å². The number of nitrogens with zero attached hydrogens (tertiary/aromatic N) is 5. The number of aromatic nitrogens is 4. The van der Waals surface area contributed by atoms with E-state index in [1.54, 1.807) is 0 Å². The van der Waals surface area contributed by atoms with Gasteiger partial charge in [0.25, 0.3) is 5.56 Å². The second-order valence-corrected chi connectivity index (χ2v) is 11.7. The fourth-order valence-electron chi connectivity index (χ4n) is 6.32. The molecule has 9 nitrogen and oxygen atoms in total. The van der Waals surface area contributed by atoms with Crippen LogP contribution in [0.3, 0.4) is 0 Å². The Balaban J connectivity index is 1.45. The number of hydrogen-bond acceptors (Lipinski definition) is 6. The summed E-state index contributed by atoms with van der Waals surface area (Å²) in [6.45, 7) is 4.37. The van der Waals surface area contributed by atoms with Crippen LogP contribution in [0.2, 0.25) is 0 Å². The Hall–Kier alpha value is -4.11. The molecule has 0 radical (unpaired) electrons. The lowest BCUT2D eigenvalue weighted by Gasteiger charge is -2.36. The average Bonchev–Trinajstić information content (AvgIpc) is 3.66. The minimum absolute atomic E-state index is 0.00389. The minimum Gasteiger partial charge on any atom is -0.396 e. The molecule has 2 aliphatic rings. The zero-order chi connectivity index (χ0) is 28.6. The molecular formula is C32H36N6O3. The third kappa shape index (κ3) is 5.10. The number of hydrazone groups is 1. The lowest BCUT2D eigenvalue weighted by molar-refractivity contribution is -0.119. The van der Waals surface area contributed by atoms with Crippen LogP contribution in [-0.4, -0.2) is 42.5 Å². The maximum atomic E-state index is 14.3. The van der Waals surface area contributed by atoms with Gasteiger partial charge >= 0.3 is 0 Å². The summed E-state index contributed by atoms with van der Waals surface area (Å²) >= 11 is 0. The molecule has 1 saturated carbocycles. The van der Waals surface area contributed by atoms with Crippen LogP contribution < -0.4 is 11.0 Å². The van der Waals surface area contributed by atoms with Gasteiger partial charge in [0, 0.05) is 30.2 Å². The van der Waals surface area contributed by atoms with E-state index in [1.807, 2.05) is 39.4 Å². The van der Waals surface area contributed by atoms with E-state index < -0.39 is 0 Å². The fraction of sp³-hybridized carbons (Fsp3) is 0.406. The van der Waals surface area contributed by atoms with Gasteiger partial charge in [-0.05, 0) is 60.3 Å². The number of hydrogen-bond donors (Lipinski definition) is 2. The van der Waals surface area contributed by atoms with Crippen LogP contribution in [0.25, 0.3) is 16.9 Å². The molecule has 1 aliphatic carbocycles. The van der Waals surface area contributed by atoms with E-state index >= 15 is 0 Å². The molecule has 9 heteroatoms. The highest BCUT2D eigenvalue weighted by molar-refractivity contribution is 6.16. The summed E-state index contributed by atoms with van der Waals surface area (Å²) in [6, 6.07) is 16.3. The number of nitrogens with one attached hydrogen (secondary N) is 1. The second-order valence-electron chi connectivity index (χ2n) is 11.7. The first-order valence-corrected chi connectivity index (χ1v) is 14.5. The Morgan fingerprint density at radius 3 is 2.54 bits per heavy atom. The van der Waals surface area contributed by atoms with Gasteiger partial charge < -0.3 is 5.11 Å². The fourth-order valence-corrected chi connectivity index (χ4v) is 6.32. The molecule has 6 rings (SSSR count). The van der Waals surface area contributed by atoms with Crippen molar-refractivity contribution in [1.82, 2.24) is 24.6 Å². The highest BCUT2D eigenvalue weighted by Crippen LogP contribution is 2.40. The van der Waals surface area contributed by atoms with Crippen LogP contribution in [0.4, 0.5) is 0 Å². The minimum atomic E-state index is -0.126. The van der Waals surface area contributed by atoms with E-state index in [9.17, 15) is 14.7 Å². The van der Waals surface area contributed by atoms with E-state index in [-0.39, 0.29) is 36.0 Å². The van der Waals surface area contributed by atoms with Crippen LogP contribution in [-0.2, 0) is 17.6 Å². The molecule has 2 aromatic heterocycles. The summed E-state index contributed by atoms with van der Waals surface area (Å²) in [6.07, 6.45) is 7.08. The molecule has 0 atom stereocenters. The molecule has 1 fully saturated rings. The van der Waals surface area contributed by atoms with Gasteiger partial charge in [0.1, 0.15) is 6.33 Å². The molecule has 0 unspecified atom stereocenters. The normalized spacial score (nSPS) is 20.8. The Morgan fingerprint density at radius 1 is 1.07 bits per heavy atom. The predicted octanol–water partition coefficient (Wildman–Crippen LogP) is 4.44. The third-order valence-corrected chi connectivity index (χ3v) is 8.73. The Morgan fingerprint density at radius 2 is 1.85 bits per heavy atom. The van der Waals surface area contributed by atoms with Crippen molar-refractivity contribution in [2.24, 2.45) is 10.5 Å². The first kappa shape index (κ1) is 27.1. The van der Waals surface area contributed by atoms with Crippen LogP contribution in [0.1, 0.15) is 80.8 Å². The Kier molecular flexibility index (Phi) is 7.30. The third-order valence-electron chi connectivity index (χ3n) is 8.73. The van der Waals surface area contributed by atoms with Crippen LogP contribution in [0.5, 0.6) is 0 Å². The number of rotatable bonds is 8. The lowest BCUT2D eigenvalue weighted by atomic mass is 9.74. The zero-order valence-electron chi connectivity index (χ0n) is 23.6. The van der Waals surface area contributed by atoms with Crippen molar-refractivity contribution in [1.29, 1.82) is 0 Å². The maximum Gasteiger partial charge on any atom is 0.259 e. The number of aliphatic hydroxyl groups is 1. The van der Waals surface area contributed by atoms with Crippen molar-refractivity contribution in [3.05, 3.63) is 87.6 Å². The molecule has 0 spiro atoms. The molecule has 2 N–H and O–H groups in total. The predicted molar refractivity (Wildman–Crippen MR) is 158 cm³/mol. The standard InChI is InChI=1S/C32H36N6O3/c1-3-7-28-26(30(41)37(31-33-20-34-38(28)31)23-12-14-32(2,19-39)15-13-23)17-21-10-11-24(22-8-5-4-6-9-22)25(16-21)27-18-29(40)36-35-27/h4-6,8-11,16,20,23,39H,3,7,12-15,17-19H2,1-2H3,(H,36,40). The number of aliphatic hydroxyl groups excluding tert-OH is 1.